The minimum absolute atomic E-state index is 0.431. The van der Waals surface area contributed by atoms with Gasteiger partial charge in [-0.05, 0) is 49.4 Å². The van der Waals surface area contributed by atoms with Gasteiger partial charge in [-0.2, -0.15) is 0 Å². The molecule has 1 nitrogen and oxygen atoms in total. The van der Waals surface area contributed by atoms with Gasteiger partial charge in [0.1, 0.15) is 0 Å². The highest BCUT2D eigenvalue weighted by Crippen LogP contribution is 2.58. The summed E-state index contributed by atoms with van der Waals surface area (Å²) >= 11 is 0. The van der Waals surface area contributed by atoms with E-state index in [9.17, 15) is 5.11 Å². The van der Waals surface area contributed by atoms with Crippen molar-refractivity contribution in [3.63, 3.8) is 0 Å². The summed E-state index contributed by atoms with van der Waals surface area (Å²) in [6.07, 6.45) is 10.4. The van der Waals surface area contributed by atoms with Gasteiger partial charge in [-0.1, -0.05) is 39.3 Å². The number of allylic oxidation sites excluding steroid dienone is 1. The van der Waals surface area contributed by atoms with Crippen molar-refractivity contribution in [1.29, 1.82) is 0 Å². The van der Waals surface area contributed by atoms with Crippen LogP contribution in [0.3, 0.4) is 0 Å². The Bertz CT molecular complexity index is 301. The molecule has 92 valence electrons. The largest absolute Gasteiger partial charge is 0.386 e. The molecule has 0 radical (unpaired) electrons. The van der Waals surface area contributed by atoms with Crippen LogP contribution in [-0.2, 0) is 0 Å². The monoisotopic (exact) mass is 222 g/mol. The van der Waals surface area contributed by atoms with Gasteiger partial charge >= 0.3 is 0 Å². The van der Waals surface area contributed by atoms with Crippen molar-refractivity contribution >= 4 is 0 Å². The van der Waals surface area contributed by atoms with Crippen LogP contribution in [0.1, 0.15) is 59.8 Å². The summed E-state index contributed by atoms with van der Waals surface area (Å²) in [5.74, 6) is 0.658. The molecule has 2 aliphatic rings. The van der Waals surface area contributed by atoms with E-state index in [1.807, 2.05) is 13.0 Å². The summed E-state index contributed by atoms with van der Waals surface area (Å²) in [7, 11) is 0. The predicted octanol–water partition coefficient (Wildman–Crippen LogP) is 3.92. The molecule has 3 atom stereocenters. The highest BCUT2D eigenvalue weighted by Gasteiger charge is 2.49. The van der Waals surface area contributed by atoms with E-state index >= 15 is 0 Å². The molecule has 3 unspecified atom stereocenters. The van der Waals surface area contributed by atoms with Crippen LogP contribution < -0.4 is 0 Å². The van der Waals surface area contributed by atoms with Crippen molar-refractivity contribution in [3.05, 3.63) is 12.2 Å². The first kappa shape index (κ1) is 12.2. The Morgan fingerprint density at radius 1 is 1.06 bits per heavy atom. The zero-order chi connectivity index (χ0) is 12.0. The topological polar surface area (TPSA) is 20.2 Å². The van der Waals surface area contributed by atoms with Crippen molar-refractivity contribution in [2.45, 2.75) is 65.4 Å². The van der Waals surface area contributed by atoms with Crippen LogP contribution >= 0.6 is 0 Å². The van der Waals surface area contributed by atoms with Crippen molar-refractivity contribution in [1.82, 2.24) is 0 Å². The molecule has 0 aromatic rings. The summed E-state index contributed by atoms with van der Waals surface area (Å²) in [5.41, 5.74) is 0.320. The smallest absolute Gasteiger partial charge is 0.0800 e. The third-order valence-electron chi connectivity index (χ3n) is 5.51. The van der Waals surface area contributed by atoms with E-state index in [-0.39, 0.29) is 0 Å². The zero-order valence-electron chi connectivity index (χ0n) is 11.2. The minimum atomic E-state index is -0.560. The lowest BCUT2D eigenvalue weighted by Crippen LogP contribution is -2.39. The summed E-state index contributed by atoms with van der Waals surface area (Å²) in [6, 6.07) is 0. The van der Waals surface area contributed by atoms with E-state index in [2.05, 4.69) is 26.8 Å². The quantitative estimate of drug-likeness (QED) is 0.667. The Kier molecular flexibility index (Phi) is 2.73. The Morgan fingerprint density at radius 2 is 1.75 bits per heavy atom. The molecule has 1 N–H and O–H groups in total. The maximum atomic E-state index is 9.96. The molecule has 0 saturated heterocycles. The van der Waals surface area contributed by atoms with Gasteiger partial charge in [-0.25, -0.2) is 0 Å². The van der Waals surface area contributed by atoms with E-state index in [0.717, 1.165) is 12.8 Å². The fourth-order valence-electron chi connectivity index (χ4n) is 3.69. The number of aliphatic hydroxyl groups is 1. The molecule has 1 heteroatoms. The molecule has 0 aromatic heterocycles. The first-order valence-corrected chi connectivity index (χ1v) is 6.69. The van der Waals surface area contributed by atoms with Crippen LogP contribution in [0.4, 0.5) is 0 Å². The minimum Gasteiger partial charge on any atom is -0.386 e. The Balaban J connectivity index is 2.20. The van der Waals surface area contributed by atoms with Gasteiger partial charge in [0, 0.05) is 0 Å². The summed E-state index contributed by atoms with van der Waals surface area (Å²) in [6.45, 7) is 9.21. The lowest BCUT2D eigenvalue weighted by Gasteiger charge is -2.46. The summed E-state index contributed by atoms with van der Waals surface area (Å²) in [5, 5.41) is 9.96. The van der Waals surface area contributed by atoms with Crippen LogP contribution in [0.15, 0.2) is 12.2 Å². The van der Waals surface area contributed by atoms with Crippen molar-refractivity contribution in [3.8, 4) is 0 Å². The predicted molar refractivity (Wildman–Crippen MR) is 68.2 cm³/mol. The first-order chi connectivity index (χ1) is 7.27. The van der Waals surface area contributed by atoms with E-state index in [0.29, 0.717) is 16.7 Å². The Hall–Kier alpha value is -0.300. The van der Waals surface area contributed by atoms with Crippen LogP contribution in [-0.4, -0.2) is 10.7 Å². The van der Waals surface area contributed by atoms with E-state index in [1.165, 1.54) is 19.3 Å². The van der Waals surface area contributed by atoms with Gasteiger partial charge < -0.3 is 5.11 Å². The van der Waals surface area contributed by atoms with Crippen LogP contribution in [0.5, 0.6) is 0 Å². The fourth-order valence-corrected chi connectivity index (χ4v) is 3.69. The maximum Gasteiger partial charge on any atom is 0.0800 e. The molecular weight excluding hydrogens is 196 g/mol. The molecule has 16 heavy (non-hydrogen) atoms. The van der Waals surface area contributed by atoms with Crippen LogP contribution in [0, 0.1) is 16.7 Å². The molecule has 0 spiro atoms. The Labute approximate surface area is 99.9 Å². The van der Waals surface area contributed by atoms with Gasteiger partial charge in [0.15, 0.2) is 0 Å². The molecule has 0 amide bonds. The highest BCUT2D eigenvalue weighted by molar-refractivity contribution is 5.12. The average molecular weight is 222 g/mol. The van der Waals surface area contributed by atoms with Crippen molar-refractivity contribution < 1.29 is 5.11 Å². The second-order valence-electron chi connectivity index (χ2n) is 7.02. The second-order valence-corrected chi connectivity index (χ2v) is 7.02. The lowest BCUT2D eigenvalue weighted by atomic mass is 9.59. The van der Waals surface area contributed by atoms with E-state index in [4.69, 9.17) is 0 Å². The van der Waals surface area contributed by atoms with Crippen LogP contribution in [0.2, 0.25) is 0 Å². The molecule has 2 aliphatic carbocycles. The lowest BCUT2D eigenvalue weighted by molar-refractivity contribution is 0.0346. The number of hydrogen-bond donors (Lipinski definition) is 1. The third-order valence-corrected chi connectivity index (χ3v) is 5.51. The molecular formula is C15H26O. The molecule has 1 fully saturated rings. The summed E-state index contributed by atoms with van der Waals surface area (Å²) in [4.78, 5) is 0. The highest BCUT2D eigenvalue weighted by atomic mass is 16.3. The van der Waals surface area contributed by atoms with Crippen LogP contribution in [0.25, 0.3) is 0 Å². The molecule has 0 heterocycles. The maximum absolute atomic E-state index is 9.96. The van der Waals surface area contributed by atoms with E-state index < -0.39 is 5.60 Å². The van der Waals surface area contributed by atoms with Gasteiger partial charge in [0.05, 0.1) is 5.60 Å². The average Bonchev–Trinajstić information content (AvgIpc) is 2.42. The second kappa shape index (κ2) is 3.60. The van der Waals surface area contributed by atoms with Crippen molar-refractivity contribution in [2.75, 3.05) is 0 Å². The Morgan fingerprint density at radius 3 is 2.19 bits per heavy atom. The third kappa shape index (κ3) is 1.84. The van der Waals surface area contributed by atoms with Gasteiger partial charge in [-0.3, -0.25) is 0 Å². The summed E-state index contributed by atoms with van der Waals surface area (Å²) < 4.78 is 0. The van der Waals surface area contributed by atoms with Gasteiger partial charge in [0.25, 0.3) is 0 Å². The molecule has 0 aromatic carbocycles. The number of rotatable bonds is 1. The molecule has 0 aliphatic heterocycles. The molecule has 2 rings (SSSR count). The standard InChI is InChI=1S/C15H26O/c1-13(2)8-5-9-15(13,4)12-6-10-14(3,16)11-7-12/h6,10,12,16H,5,7-9,11H2,1-4H3. The fraction of sp³-hybridized carbons (Fsp3) is 0.867. The zero-order valence-corrected chi connectivity index (χ0v) is 11.2. The first-order valence-electron chi connectivity index (χ1n) is 6.69. The van der Waals surface area contributed by atoms with Gasteiger partial charge in [-0.15, -0.1) is 0 Å². The van der Waals surface area contributed by atoms with Crippen molar-refractivity contribution in [2.24, 2.45) is 16.7 Å². The SMILES string of the molecule is CC1(O)C=CC(C2(C)CCCC2(C)C)CC1. The molecule has 0 bridgehead atoms. The van der Waals surface area contributed by atoms with Gasteiger partial charge in [0.2, 0.25) is 0 Å². The normalized spacial score (nSPS) is 47.2. The van der Waals surface area contributed by atoms with E-state index in [1.54, 1.807) is 0 Å². The number of hydrogen-bond acceptors (Lipinski definition) is 1. The molecule has 1 saturated carbocycles.